The van der Waals surface area contributed by atoms with Crippen molar-refractivity contribution in [2.24, 2.45) is 17.8 Å². The lowest BCUT2D eigenvalue weighted by atomic mass is 9.67. The molecule has 9 heteroatoms. The first-order chi connectivity index (χ1) is 13.0. The predicted octanol–water partition coefficient (Wildman–Crippen LogP) is 4.00. The van der Waals surface area contributed by atoms with E-state index in [1.54, 1.807) is 12.4 Å². The molecule has 1 aliphatic heterocycles. The normalized spacial score (nSPS) is 31.7. The molecule has 3 aliphatic rings. The van der Waals surface area contributed by atoms with Crippen molar-refractivity contribution in [3.05, 3.63) is 35.4 Å². The molecule has 0 spiro atoms. The summed E-state index contributed by atoms with van der Waals surface area (Å²) in [7, 11) is 0. The van der Waals surface area contributed by atoms with Crippen LogP contribution in [-0.2, 0) is 6.18 Å². The van der Waals surface area contributed by atoms with Gasteiger partial charge in [-0.15, -0.1) is 0 Å². The lowest BCUT2D eigenvalue weighted by Crippen LogP contribution is -2.36. The fraction of sp³-hybridized carbons (Fsp3) is 0.500. The van der Waals surface area contributed by atoms with Crippen LogP contribution >= 0.6 is 0 Å². The quantitative estimate of drug-likeness (QED) is 0.601. The number of H-pyrrole nitrogens is 2. The standard InChI is InChI=1S/C18H17F3N6/c19-18(20,21)16-10(5-23-26-16)15-13-8-2-1-7(3-8)12(13)14-9-4-24-27-17(9)22-6-11(14)25-15/h4-8,12-13,15,25H,1-3H2,(H,23,26)(H,22,24,27)/t7?,8?,12-,13+,15-/m0/s1. The maximum atomic E-state index is 13.5. The van der Waals surface area contributed by atoms with Crippen LogP contribution in [0.15, 0.2) is 18.6 Å². The second-order valence-corrected chi connectivity index (χ2v) is 7.96. The minimum absolute atomic E-state index is 0.121. The summed E-state index contributed by atoms with van der Waals surface area (Å²) in [6.45, 7) is 0. The Kier molecular flexibility index (Phi) is 2.88. The lowest BCUT2D eigenvalue weighted by molar-refractivity contribution is -0.142. The highest BCUT2D eigenvalue weighted by Crippen LogP contribution is 2.64. The van der Waals surface area contributed by atoms with E-state index in [2.05, 4.69) is 30.7 Å². The molecule has 6 rings (SSSR count). The van der Waals surface area contributed by atoms with Crippen molar-refractivity contribution < 1.29 is 13.2 Å². The molecular weight excluding hydrogens is 357 g/mol. The number of fused-ring (bicyclic) bond motifs is 9. The second-order valence-electron chi connectivity index (χ2n) is 7.96. The summed E-state index contributed by atoms with van der Waals surface area (Å²) in [4.78, 5) is 4.39. The molecular formula is C18H17F3N6. The van der Waals surface area contributed by atoms with Crippen molar-refractivity contribution in [2.75, 3.05) is 5.32 Å². The van der Waals surface area contributed by atoms with Gasteiger partial charge in [0, 0.05) is 17.1 Å². The molecule has 27 heavy (non-hydrogen) atoms. The number of nitrogens with zero attached hydrogens (tertiary/aromatic N) is 3. The van der Waals surface area contributed by atoms with Crippen LogP contribution in [0, 0.1) is 17.8 Å². The summed E-state index contributed by atoms with van der Waals surface area (Å²) in [5.74, 6) is 1.28. The monoisotopic (exact) mass is 374 g/mol. The van der Waals surface area contributed by atoms with Crippen molar-refractivity contribution in [3.63, 3.8) is 0 Å². The fourth-order valence-corrected chi connectivity index (χ4v) is 5.95. The highest BCUT2D eigenvalue weighted by Gasteiger charge is 2.55. The van der Waals surface area contributed by atoms with Gasteiger partial charge in [0.1, 0.15) is 0 Å². The van der Waals surface area contributed by atoms with Gasteiger partial charge in [-0.1, -0.05) is 0 Å². The highest BCUT2D eigenvalue weighted by atomic mass is 19.4. The Balaban J connectivity index is 1.55. The summed E-state index contributed by atoms with van der Waals surface area (Å²) in [5.41, 5.74) is 2.11. The maximum Gasteiger partial charge on any atom is 0.435 e. The number of alkyl halides is 3. The molecule has 0 radical (unpaired) electrons. The van der Waals surface area contributed by atoms with Gasteiger partial charge in [0.25, 0.3) is 0 Å². The molecule has 2 aliphatic carbocycles. The van der Waals surface area contributed by atoms with Crippen molar-refractivity contribution in [1.82, 2.24) is 25.4 Å². The van der Waals surface area contributed by atoms with Gasteiger partial charge in [-0.25, -0.2) is 4.98 Å². The molecule has 2 fully saturated rings. The molecule has 140 valence electrons. The van der Waals surface area contributed by atoms with Gasteiger partial charge in [-0.05, 0) is 48.5 Å². The predicted molar refractivity (Wildman–Crippen MR) is 90.9 cm³/mol. The molecule has 0 saturated heterocycles. The third-order valence-corrected chi connectivity index (χ3v) is 6.81. The van der Waals surface area contributed by atoms with Gasteiger partial charge in [-0.2, -0.15) is 23.4 Å². The van der Waals surface area contributed by atoms with Crippen LogP contribution in [0.5, 0.6) is 0 Å². The third-order valence-electron chi connectivity index (χ3n) is 6.81. The number of anilines is 1. The largest absolute Gasteiger partial charge is 0.435 e. The van der Waals surface area contributed by atoms with E-state index in [0.717, 1.165) is 36.0 Å². The van der Waals surface area contributed by atoms with Crippen LogP contribution in [0.2, 0.25) is 0 Å². The number of halogens is 3. The summed E-state index contributed by atoms with van der Waals surface area (Å²) >= 11 is 0. The zero-order valence-electron chi connectivity index (χ0n) is 14.2. The van der Waals surface area contributed by atoms with Crippen LogP contribution in [0.3, 0.4) is 0 Å². The second kappa shape index (κ2) is 5.02. The van der Waals surface area contributed by atoms with E-state index < -0.39 is 17.9 Å². The summed E-state index contributed by atoms with van der Waals surface area (Å²) in [6, 6.07) is -0.417. The zero-order chi connectivity index (χ0) is 18.3. The van der Waals surface area contributed by atoms with Crippen LogP contribution in [-0.4, -0.2) is 25.4 Å². The molecule has 2 unspecified atom stereocenters. The summed E-state index contributed by atoms with van der Waals surface area (Å²) < 4.78 is 40.5. The molecule has 0 amide bonds. The molecule has 2 saturated carbocycles. The molecule has 3 aromatic rings. The molecule has 2 bridgehead atoms. The number of hydrogen-bond donors (Lipinski definition) is 3. The van der Waals surface area contributed by atoms with Gasteiger partial charge >= 0.3 is 6.18 Å². The van der Waals surface area contributed by atoms with E-state index >= 15 is 0 Å². The van der Waals surface area contributed by atoms with Crippen molar-refractivity contribution >= 4 is 16.7 Å². The van der Waals surface area contributed by atoms with E-state index in [1.807, 2.05) is 0 Å². The number of nitrogens with one attached hydrogen (secondary N) is 3. The lowest BCUT2D eigenvalue weighted by Gasteiger charge is -2.43. The fourth-order valence-electron chi connectivity index (χ4n) is 5.95. The highest BCUT2D eigenvalue weighted by molar-refractivity contribution is 5.85. The van der Waals surface area contributed by atoms with E-state index in [1.165, 1.54) is 11.8 Å². The third kappa shape index (κ3) is 1.99. The Hall–Kier alpha value is -2.58. The molecule has 3 N–H and O–H groups in total. The van der Waals surface area contributed by atoms with E-state index in [9.17, 15) is 13.2 Å². The molecule has 3 aromatic heterocycles. The Morgan fingerprint density at radius 2 is 1.96 bits per heavy atom. The average Bonchev–Trinajstić information content (AvgIpc) is 3.43. The van der Waals surface area contributed by atoms with Crippen molar-refractivity contribution in [1.29, 1.82) is 0 Å². The minimum Gasteiger partial charge on any atom is -0.376 e. The van der Waals surface area contributed by atoms with E-state index in [-0.39, 0.29) is 17.4 Å². The van der Waals surface area contributed by atoms with Gasteiger partial charge < -0.3 is 5.32 Å². The van der Waals surface area contributed by atoms with Crippen molar-refractivity contribution in [2.45, 2.75) is 37.4 Å². The van der Waals surface area contributed by atoms with E-state index in [0.29, 0.717) is 11.8 Å². The Labute approximate surface area is 151 Å². The molecule has 6 nitrogen and oxygen atoms in total. The van der Waals surface area contributed by atoms with Crippen LogP contribution in [0.1, 0.15) is 48.0 Å². The van der Waals surface area contributed by atoms with Gasteiger partial charge in [-0.3, -0.25) is 10.2 Å². The molecule has 5 atom stereocenters. The van der Waals surface area contributed by atoms with Gasteiger partial charge in [0.15, 0.2) is 11.3 Å². The first kappa shape index (κ1) is 15.5. The van der Waals surface area contributed by atoms with Crippen LogP contribution in [0.25, 0.3) is 11.0 Å². The average molecular weight is 374 g/mol. The molecule has 4 heterocycles. The van der Waals surface area contributed by atoms with E-state index in [4.69, 9.17) is 0 Å². The maximum absolute atomic E-state index is 13.5. The smallest absolute Gasteiger partial charge is 0.376 e. The number of aromatic amines is 2. The summed E-state index contributed by atoms with van der Waals surface area (Å²) in [6.07, 6.45) is 3.72. The molecule has 0 aromatic carbocycles. The Bertz CT molecular complexity index is 1040. The topological polar surface area (TPSA) is 82.3 Å². The Morgan fingerprint density at radius 1 is 1.11 bits per heavy atom. The minimum atomic E-state index is -4.48. The van der Waals surface area contributed by atoms with Crippen molar-refractivity contribution in [3.8, 4) is 0 Å². The zero-order valence-corrected chi connectivity index (χ0v) is 14.2. The first-order valence-corrected chi connectivity index (χ1v) is 9.21. The number of rotatable bonds is 1. The van der Waals surface area contributed by atoms with Gasteiger partial charge in [0.05, 0.1) is 24.1 Å². The van der Waals surface area contributed by atoms with Crippen LogP contribution < -0.4 is 5.32 Å². The number of hydrogen-bond acceptors (Lipinski definition) is 4. The van der Waals surface area contributed by atoms with Gasteiger partial charge in [0.2, 0.25) is 0 Å². The SMILES string of the molecule is FC(F)(F)c1n[nH]cc1[C@@H]1Nc2cnc3[nH]ncc3c2[C@H]2C3CCC(C3)[C@@H]12. The Morgan fingerprint density at radius 3 is 2.81 bits per heavy atom. The summed E-state index contributed by atoms with van der Waals surface area (Å²) in [5, 5.41) is 17.3. The van der Waals surface area contributed by atoms with Crippen LogP contribution in [0.4, 0.5) is 18.9 Å². The number of aromatic nitrogens is 5. The number of pyridine rings is 1. The first-order valence-electron chi connectivity index (χ1n) is 9.21.